The van der Waals surface area contributed by atoms with Crippen LogP contribution in [-0.4, -0.2) is 19.9 Å². The van der Waals surface area contributed by atoms with Gasteiger partial charge in [-0.2, -0.15) is 0 Å². The molecule has 1 spiro atoms. The van der Waals surface area contributed by atoms with Crippen molar-refractivity contribution in [1.29, 1.82) is 0 Å². The predicted molar refractivity (Wildman–Crippen MR) is 219 cm³/mol. The van der Waals surface area contributed by atoms with Gasteiger partial charge in [-0.05, 0) is 87.3 Å². The minimum Gasteiger partial charge on any atom is -0.254 e. The number of aromatic nitrogens is 4. The fourth-order valence-corrected chi connectivity index (χ4v) is 9.42. The Morgan fingerprint density at radius 2 is 0.889 bits per heavy atom. The highest BCUT2D eigenvalue weighted by Crippen LogP contribution is 2.60. The molecule has 54 heavy (non-hydrogen) atoms. The molecule has 1 atom stereocenters. The second-order valence-corrected chi connectivity index (χ2v) is 14.6. The second-order valence-electron chi connectivity index (χ2n) is 14.6. The first-order chi connectivity index (χ1) is 26.7. The summed E-state index contributed by atoms with van der Waals surface area (Å²) in [5.74, 6) is 0. The molecule has 2 aliphatic carbocycles. The fraction of sp³-hybridized carbons (Fsp3) is 0.0400. The standard InChI is InChI=1S/C50H30N4/c1-3-11-40-34(7-1)27-35-17-18-36(44-23-20-32-15-13-30-8-5-25-51-46(30)48(32)53-44)28-42(35)50(40)41-12-4-2-10-38(41)39-22-19-37(29-43(39)50)45-24-21-33-16-14-31-9-6-26-52-47(31)49(33)54-45/h1-26,28-29H,27H2. The molecule has 0 aliphatic heterocycles. The van der Waals surface area contributed by atoms with Crippen LogP contribution < -0.4 is 0 Å². The Hall–Kier alpha value is -7.04. The molecule has 0 amide bonds. The van der Waals surface area contributed by atoms with Crippen LogP contribution in [0.15, 0.2) is 170 Å². The van der Waals surface area contributed by atoms with Crippen molar-refractivity contribution in [1.82, 2.24) is 19.9 Å². The van der Waals surface area contributed by atoms with Crippen LogP contribution >= 0.6 is 0 Å². The van der Waals surface area contributed by atoms with E-state index in [1.165, 1.54) is 44.5 Å². The van der Waals surface area contributed by atoms with Gasteiger partial charge in [0.2, 0.25) is 0 Å². The molecule has 0 fully saturated rings. The third-order valence-corrected chi connectivity index (χ3v) is 11.8. The molecule has 6 aromatic carbocycles. The molecular weight excluding hydrogens is 657 g/mol. The lowest BCUT2D eigenvalue weighted by Crippen LogP contribution is -2.34. The van der Waals surface area contributed by atoms with Crippen molar-refractivity contribution >= 4 is 43.6 Å². The number of nitrogens with zero attached hydrogens (tertiary/aromatic N) is 4. The Morgan fingerprint density at radius 1 is 0.370 bits per heavy atom. The molecule has 4 aromatic heterocycles. The summed E-state index contributed by atoms with van der Waals surface area (Å²) in [4.78, 5) is 20.1. The molecule has 2 aliphatic rings. The molecule has 4 heterocycles. The van der Waals surface area contributed by atoms with Gasteiger partial charge >= 0.3 is 0 Å². The SMILES string of the molecule is c1ccc2c(c1)Cc1ccc(-c3ccc4ccc5cccnc5c4n3)cc1C21c2ccccc2-c2ccc(-c3ccc4ccc5cccnc5c4n3)cc21. The van der Waals surface area contributed by atoms with Gasteiger partial charge in [-0.3, -0.25) is 9.97 Å². The molecule has 250 valence electrons. The largest absolute Gasteiger partial charge is 0.254 e. The van der Waals surface area contributed by atoms with E-state index >= 15 is 0 Å². The molecule has 0 bridgehead atoms. The average Bonchev–Trinajstić information content (AvgIpc) is 3.53. The van der Waals surface area contributed by atoms with Gasteiger partial charge in [-0.1, -0.05) is 121 Å². The number of hydrogen-bond donors (Lipinski definition) is 0. The van der Waals surface area contributed by atoms with E-state index in [-0.39, 0.29) is 0 Å². The minimum atomic E-state index is -0.529. The third kappa shape index (κ3) is 4.02. The van der Waals surface area contributed by atoms with Gasteiger partial charge in [-0.15, -0.1) is 0 Å². The van der Waals surface area contributed by atoms with E-state index < -0.39 is 5.41 Å². The zero-order valence-electron chi connectivity index (χ0n) is 29.2. The van der Waals surface area contributed by atoms with Gasteiger partial charge in [0.1, 0.15) is 0 Å². The molecule has 0 radical (unpaired) electrons. The molecule has 0 saturated heterocycles. The van der Waals surface area contributed by atoms with Crippen LogP contribution in [0.2, 0.25) is 0 Å². The van der Waals surface area contributed by atoms with Crippen LogP contribution in [0.4, 0.5) is 0 Å². The van der Waals surface area contributed by atoms with E-state index in [9.17, 15) is 0 Å². The van der Waals surface area contributed by atoms with E-state index in [0.717, 1.165) is 72.5 Å². The molecule has 0 saturated carbocycles. The van der Waals surface area contributed by atoms with Gasteiger partial charge in [0.25, 0.3) is 0 Å². The van der Waals surface area contributed by atoms with Crippen LogP contribution in [0.3, 0.4) is 0 Å². The van der Waals surface area contributed by atoms with E-state index in [4.69, 9.17) is 19.9 Å². The van der Waals surface area contributed by atoms with Gasteiger partial charge in [0.15, 0.2) is 0 Å². The number of fused-ring (bicyclic) bond motifs is 15. The van der Waals surface area contributed by atoms with Crippen molar-refractivity contribution < 1.29 is 0 Å². The Morgan fingerprint density at radius 3 is 1.57 bits per heavy atom. The lowest BCUT2D eigenvalue weighted by atomic mass is 9.61. The smallest absolute Gasteiger partial charge is 0.0972 e. The molecular formula is C50H30N4. The molecule has 0 N–H and O–H groups in total. The van der Waals surface area contributed by atoms with Gasteiger partial charge in [-0.25, -0.2) is 9.97 Å². The average molecular weight is 687 g/mol. The van der Waals surface area contributed by atoms with Crippen LogP contribution in [-0.2, 0) is 11.8 Å². The quantitative estimate of drug-likeness (QED) is 0.170. The van der Waals surface area contributed by atoms with E-state index in [2.05, 4.69) is 146 Å². The summed E-state index contributed by atoms with van der Waals surface area (Å²) < 4.78 is 0. The van der Waals surface area contributed by atoms with E-state index in [1.807, 2.05) is 24.5 Å². The van der Waals surface area contributed by atoms with Crippen molar-refractivity contribution in [3.63, 3.8) is 0 Å². The van der Waals surface area contributed by atoms with Crippen molar-refractivity contribution in [3.8, 4) is 33.6 Å². The monoisotopic (exact) mass is 686 g/mol. The Balaban J connectivity index is 1.12. The van der Waals surface area contributed by atoms with Crippen molar-refractivity contribution in [3.05, 3.63) is 203 Å². The first-order valence-electron chi connectivity index (χ1n) is 18.5. The van der Waals surface area contributed by atoms with Crippen molar-refractivity contribution in [2.45, 2.75) is 11.8 Å². The molecule has 10 aromatic rings. The number of benzene rings is 6. The highest BCUT2D eigenvalue weighted by Gasteiger charge is 2.50. The van der Waals surface area contributed by atoms with Crippen LogP contribution in [0.5, 0.6) is 0 Å². The first kappa shape index (κ1) is 29.5. The van der Waals surface area contributed by atoms with Crippen molar-refractivity contribution in [2.75, 3.05) is 0 Å². The maximum atomic E-state index is 5.29. The molecule has 12 rings (SSSR count). The second kappa shape index (κ2) is 11.0. The minimum absolute atomic E-state index is 0.529. The molecule has 4 nitrogen and oxygen atoms in total. The van der Waals surface area contributed by atoms with Crippen LogP contribution in [0, 0.1) is 0 Å². The normalized spacial score (nSPS) is 15.4. The summed E-state index contributed by atoms with van der Waals surface area (Å²) in [6.45, 7) is 0. The maximum Gasteiger partial charge on any atom is 0.0972 e. The Bertz CT molecular complexity index is 3220. The summed E-state index contributed by atoms with van der Waals surface area (Å²) in [5.41, 5.74) is 17.7. The Labute approximate surface area is 311 Å². The Kier molecular flexibility index (Phi) is 6.01. The zero-order valence-corrected chi connectivity index (χ0v) is 29.2. The lowest BCUT2D eigenvalue weighted by molar-refractivity contribution is 0.722. The van der Waals surface area contributed by atoms with Gasteiger partial charge < -0.3 is 0 Å². The zero-order chi connectivity index (χ0) is 35.4. The van der Waals surface area contributed by atoms with Gasteiger partial charge in [0, 0.05) is 45.1 Å². The molecule has 4 heteroatoms. The topological polar surface area (TPSA) is 51.6 Å². The summed E-state index contributed by atoms with van der Waals surface area (Å²) in [6, 6.07) is 57.4. The van der Waals surface area contributed by atoms with E-state index in [0.29, 0.717) is 0 Å². The highest BCUT2D eigenvalue weighted by molar-refractivity contribution is 6.04. The summed E-state index contributed by atoms with van der Waals surface area (Å²) >= 11 is 0. The number of rotatable bonds is 2. The van der Waals surface area contributed by atoms with Crippen LogP contribution in [0.25, 0.3) is 77.3 Å². The third-order valence-electron chi connectivity index (χ3n) is 11.8. The van der Waals surface area contributed by atoms with Crippen molar-refractivity contribution in [2.24, 2.45) is 0 Å². The van der Waals surface area contributed by atoms with E-state index in [1.54, 1.807) is 0 Å². The highest BCUT2D eigenvalue weighted by atomic mass is 14.8. The fourth-order valence-electron chi connectivity index (χ4n) is 9.42. The summed E-state index contributed by atoms with van der Waals surface area (Å²) in [5, 5.41) is 4.36. The predicted octanol–water partition coefficient (Wildman–Crippen LogP) is 11.5. The van der Waals surface area contributed by atoms with Gasteiger partial charge in [0.05, 0.1) is 38.9 Å². The summed E-state index contributed by atoms with van der Waals surface area (Å²) in [7, 11) is 0. The number of pyridine rings is 4. The molecule has 1 unspecified atom stereocenters. The lowest BCUT2D eigenvalue weighted by Gasteiger charge is -2.40. The first-order valence-corrected chi connectivity index (χ1v) is 18.5. The van der Waals surface area contributed by atoms with Crippen LogP contribution in [0.1, 0.15) is 33.4 Å². The summed E-state index contributed by atoms with van der Waals surface area (Å²) in [6.07, 6.45) is 4.58. The number of hydrogen-bond acceptors (Lipinski definition) is 4. The maximum absolute atomic E-state index is 5.29.